The van der Waals surface area contributed by atoms with E-state index in [4.69, 9.17) is 10.5 Å². The Balaban J connectivity index is 2.24. The molecular weight excluding hydrogens is 266 g/mol. The van der Waals surface area contributed by atoms with E-state index in [9.17, 15) is 8.78 Å². The van der Waals surface area contributed by atoms with Gasteiger partial charge in [-0.05, 0) is 13.0 Å². The second kappa shape index (κ2) is 5.68. The monoisotopic (exact) mass is 280 g/mol. The first kappa shape index (κ1) is 14.0. The van der Waals surface area contributed by atoms with Gasteiger partial charge in [0.1, 0.15) is 11.6 Å². The highest BCUT2D eigenvalue weighted by molar-refractivity contribution is 5.47. The lowest BCUT2D eigenvalue weighted by Crippen LogP contribution is -2.08. The number of rotatable bonds is 4. The molecule has 106 valence electrons. The summed E-state index contributed by atoms with van der Waals surface area (Å²) in [5.41, 5.74) is 6.62. The van der Waals surface area contributed by atoms with Crippen molar-refractivity contribution in [1.82, 2.24) is 9.97 Å². The summed E-state index contributed by atoms with van der Waals surface area (Å²) >= 11 is 0. The number of nitrogens with two attached hydrogens (primary N) is 1. The fourth-order valence-corrected chi connectivity index (χ4v) is 1.79. The van der Waals surface area contributed by atoms with Crippen LogP contribution in [0.2, 0.25) is 0 Å². The van der Waals surface area contributed by atoms with E-state index < -0.39 is 11.6 Å². The van der Waals surface area contributed by atoms with Gasteiger partial charge in [0.25, 0.3) is 0 Å². The number of aryl methyl sites for hydroxylation is 1. The summed E-state index contributed by atoms with van der Waals surface area (Å²) in [7, 11) is 1.33. The van der Waals surface area contributed by atoms with E-state index in [2.05, 4.69) is 15.3 Å². The molecule has 0 aliphatic heterocycles. The number of benzene rings is 1. The molecule has 0 unspecified atom stereocenters. The van der Waals surface area contributed by atoms with Gasteiger partial charge in [0.05, 0.1) is 7.11 Å². The van der Waals surface area contributed by atoms with Crippen molar-refractivity contribution < 1.29 is 13.5 Å². The third-order valence-corrected chi connectivity index (χ3v) is 2.73. The number of nitrogens with zero attached hydrogens (tertiary/aromatic N) is 2. The van der Waals surface area contributed by atoms with Gasteiger partial charge in [-0.2, -0.15) is 4.98 Å². The fraction of sp³-hybridized carbons (Fsp3) is 0.231. The van der Waals surface area contributed by atoms with Crippen LogP contribution >= 0.6 is 0 Å². The molecule has 0 radical (unpaired) electrons. The van der Waals surface area contributed by atoms with E-state index in [0.717, 1.165) is 11.6 Å². The molecule has 2 rings (SSSR count). The van der Waals surface area contributed by atoms with Crippen LogP contribution in [0, 0.1) is 18.6 Å². The topological polar surface area (TPSA) is 73.1 Å². The molecule has 7 heteroatoms. The molecule has 0 saturated heterocycles. The third-order valence-electron chi connectivity index (χ3n) is 2.73. The van der Waals surface area contributed by atoms with E-state index in [1.54, 1.807) is 13.1 Å². The van der Waals surface area contributed by atoms with Crippen molar-refractivity contribution in [3.05, 3.63) is 41.1 Å². The number of anilines is 2. The van der Waals surface area contributed by atoms with E-state index in [1.807, 2.05) is 0 Å². The molecule has 0 spiro atoms. The predicted molar refractivity (Wildman–Crippen MR) is 71.4 cm³/mol. The highest BCUT2D eigenvalue weighted by Gasteiger charge is 2.12. The van der Waals surface area contributed by atoms with Crippen molar-refractivity contribution in [2.45, 2.75) is 13.5 Å². The Labute approximate surface area is 114 Å². The predicted octanol–water partition coefficient (Wildman–Crippen LogP) is 2.27. The number of halogens is 2. The van der Waals surface area contributed by atoms with Crippen molar-refractivity contribution in [3.63, 3.8) is 0 Å². The van der Waals surface area contributed by atoms with E-state index in [1.165, 1.54) is 13.2 Å². The van der Waals surface area contributed by atoms with Crippen molar-refractivity contribution in [2.24, 2.45) is 0 Å². The van der Waals surface area contributed by atoms with Gasteiger partial charge in [0.2, 0.25) is 5.95 Å². The molecule has 20 heavy (non-hydrogen) atoms. The first-order chi connectivity index (χ1) is 9.51. The highest BCUT2D eigenvalue weighted by atomic mass is 19.1. The van der Waals surface area contributed by atoms with Gasteiger partial charge >= 0.3 is 0 Å². The zero-order chi connectivity index (χ0) is 14.7. The van der Waals surface area contributed by atoms with Gasteiger partial charge in [-0.3, -0.25) is 0 Å². The molecule has 0 fully saturated rings. The summed E-state index contributed by atoms with van der Waals surface area (Å²) in [6.07, 6.45) is 1.56. The lowest BCUT2D eigenvalue weighted by atomic mass is 10.2. The molecule has 0 bridgehead atoms. The van der Waals surface area contributed by atoms with Gasteiger partial charge in [-0.15, -0.1) is 0 Å². The molecular formula is C13H14F2N4O. The molecule has 3 N–H and O–H groups in total. The lowest BCUT2D eigenvalue weighted by molar-refractivity contribution is 0.379. The molecule has 1 aromatic carbocycles. The first-order valence-corrected chi connectivity index (χ1v) is 5.86. The number of aromatic nitrogens is 2. The van der Waals surface area contributed by atoms with Crippen LogP contribution in [-0.2, 0) is 6.54 Å². The van der Waals surface area contributed by atoms with Gasteiger partial charge in [0, 0.05) is 29.9 Å². The van der Waals surface area contributed by atoms with Crippen LogP contribution in [0.1, 0.15) is 11.1 Å². The minimum atomic E-state index is -0.747. The van der Waals surface area contributed by atoms with Crippen LogP contribution in [-0.4, -0.2) is 17.1 Å². The zero-order valence-electron chi connectivity index (χ0n) is 11.1. The van der Waals surface area contributed by atoms with Crippen LogP contribution in [0.5, 0.6) is 5.75 Å². The summed E-state index contributed by atoms with van der Waals surface area (Å²) in [5, 5.41) is 2.95. The first-order valence-electron chi connectivity index (χ1n) is 5.86. The van der Waals surface area contributed by atoms with Crippen LogP contribution in [0.4, 0.5) is 20.5 Å². The van der Waals surface area contributed by atoms with Crippen molar-refractivity contribution >= 4 is 11.8 Å². The standard InChI is InChI=1S/C13H14F2N4O/c1-7-5-18-13(16)19-12(7)17-6-8-3-9(14)4-10(15)11(8)20-2/h3-5H,6H2,1-2H3,(H3,16,17,18,19). The Hall–Kier alpha value is -2.44. The Morgan fingerprint density at radius 3 is 2.80 bits per heavy atom. The van der Waals surface area contributed by atoms with E-state index in [-0.39, 0.29) is 18.2 Å². The van der Waals surface area contributed by atoms with Crippen LogP contribution < -0.4 is 15.8 Å². The third kappa shape index (κ3) is 2.93. The maximum Gasteiger partial charge on any atom is 0.221 e. The zero-order valence-corrected chi connectivity index (χ0v) is 11.1. The number of hydrogen-bond donors (Lipinski definition) is 2. The van der Waals surface area contributed by atoms with Crippen molar-refractivity contribution in [1.29, 1.82) is 0 Å². The average molecular weight is 280 g/mol. The maximum atomic E-state index is 13.5. The molecule has 0 aliphatic carbocycles. The van der Waals surface area contributed by atoms with Gasteiger partial charge in [-0.1, -0.05) is 0 Å². The number of methoxy groups -OCH3 is 1. The van der Waals surface area contributed by atoms with Crippen molar-refractivity contribution in [2.75, 3.05) is 18.2 Å². The molecule has 0 aliphatic rings. The summed E-state index contributed by atoms with van der Waals surface area (Å²) < 4.78 is 31.7. The number of nitrogens with one attached hydrogen (secondary N) is 1. The van der Waals surface area contributed by atoms with Crippen molar-refractivity contribution in [3.8, 4) is 5.75 Å². The fourth-order valence-electron chi connectivity index (χ4n) is 1.79. The normalized spacial score (nSPS) is 10.4. The second-order valence-electron chi connectivity index (χ2n) is 4.19. The Bertz CT molecular complexity index is 634. The summed E-state index contributed by atoms with van der Waals surface area (Å²) in [6.45, 7) is 1.94. The number of nitrogen functional groups attached to an aromatic ring is 1. The van der Waals surface area contributed by atoms with Gasteiger partial charge < -0.3 is 15.8 Å². The molecule has 0 saturated carbocycles. The van der Waals surface area contributed by atoms with Gasteiger partial charge in [-0.25, -0.2) is 13.8 Å². The molecule has 0 amide bonds. The van der Waals surface area contributed by atoms with Gasteiger partial charge in [0.15, 0.2) is 11.6 Å². The lowest BCUT2D eigenvalue weighted by Gasteiger charge is -2.12. The highest BCUT2D eigenvalue weighted by Crippen LogP contribution is 2.25. The quantitative estimate of drug-likeness (QED) is 0.898. The smallest absolute Gasteiger partial charge is 0.221 e. The van der Waals surface area contributed by atoms with Crippen LogP contribution in [0.3, 0.4) is 0 Å². The van der Waals surface area contributed by atoms with Crippen LogP contribution in [0.15, 0.2) is 18.3 Å². The molecule has 1 heterocycles. The average Bonchev–Trinajstić information content (AvgIpc) is 2.39. The largest absolute Gasteiger partial charge is 0.493 e. The maximum absolute atomic E-state index is 13.5. The van der Waals surface area contributed by atoms with Crippen LogP contribution in [0.25, 0.3) is 0 Å². The minimum absolute atomic E-state index is 0.00131. The molecule has 0 atom stereocenters. The minimum Gasteiger partial charge on any atom is -0.493 e. The molecule has 1 aromatic heterocycles. The second-order valence-corrected chi connectivity index (χ2v) is 4.19. The summed E-state index contributed by atoms with van der Waals surface area (Å²) in [4.78, 5) is 7.85. The SMILES string of the molecule is COc1c(F)cc(F)cc1CNc1nc(N)ncc1C. The molecule has 5 nitrogen and oxygen atoms in total. The number of ether oxygens (including phenoxy) is 1. The summed E-state index contributed by atoms with van der Waals surface area (Å²) in [5.74, 6) is -0.791. The van der Waals surface area contributed by atoms with E-state index >= 15 is 0 Å². The Morgan fingerprint density at radius 1 is 1.35 bits per heavy atom. The Kier molecular flexibility index (Phi) is 3.97. The van der Waals surface area contributed by atoms with E-state index in [0.29, 0.717) is 11.4 Å². The Morgan fingerprint density at radius 2 is 2.10 bits per heavy atom. The number of hydrogen-bond acceptors (Lipinski definition) is 5. The summed E-state index contributed by atoms with van der Waals surface area (Å²) in [6, 6.07) is 1.98. The molecule has 2 aromatic rings.